The fourth-order valence-electron chi connectivity index (χ4n) is 1.19. The van der Waals surface area contributed by atoms with Crippen molar-refractivity contribution < 1.29 is 14.9 Å². The molecule has 1 aromatic rings. The maximum atomic E-state index is 11.7. The van der Waals surface area contributed by atoms with Crippen LogP contribution in [-0.4, -0.2) is 33.6 Å². The molecule has 0 saturated carbocycles. The van der Waals surface area contributed by atoms with Crippen LogP contribution >= 0.6 is 0 Å². The van der Waals surface area contributed by atoms with Gasteiger partial charge in [-0.2, -0.15) is 5.06 Å². The topological polar surface area (TPSA) is 83.7 Å². The van der Waals surface area contributed by atoms with E-state index in [1.807, 2.05) is 0 Å². The second-order valence-corrected chi connectivity index (χ2v) is 3.92. The number of carbonyl (C=O) groups excluding carboxylic acids is 1. The molecule has 6 heteroatoms. The Balaban J connectivity index is 2.73. The second kappa shape index (κ2) is 5.51. The van der Waals surface area contributed by atoms with Gasteiger partial charge in [-0.25, -0.2) is 0 Å². The molecule has 1 rings (SSSR count). The highest BCUT2D eigenvalue weighted by atomic mass is 16.6. The van der Waals surface area contributed by atoms with Gasteiger partial charge in [0.2, 0.25) is 0 Å². The van der Waals surface area contributed by atoms with Crippen LogP contribution in [0.4, 0.5) is 5.69 Å². The molecule has 0 aliphatic heterocycles. The Labute approximate surface area is 98.6 Å². The third-order valence-electron chi connectivity index (χ3n) is 2.30. The Morgan fingerprint density at radius 1 is 1.41 bits per heavy atom. The summed E-state index contributed by atoms with van der Waals surface area (Å²) in [6.07, 6.45) is 0. The lowest BCUT2D eigenvalue weighted by Crippen LogP contribution is -2.32. The maximum absolute atomic E-state index is 11.7. The predicted octanol–water partition coefficient (Wildman–Crippen LogP) is 1.88. The first-order chi connectivity index (χ1) is 7.91. The van der Waals surface area contributed by atoms with Crippen LogP contribution in [-0.2, 0) is 0 Å². The van der Waals surface area contributed by atoms with Crippen LogP contribution in [0.3, 0.4) is 0 Å². The highest BCUT2D eigenvalue weighted by Gasteiger charge is 2.14. The lowest BCUT2D eigenvalue weighted by atomic mass is 10.1. The fourth-order valence-corrected chi connectivity index (χ4v) is 1.19. The van der Waals surface area contributed by atoms with E-state index in [2.05, 4.69) is 0 Å². The van der Waals surface area contributed by atoms with Crippen LogP contribution in [0.25, 0.3) is 0 Å². The number of benzene rings is 1. The Morgan fingerprint density at radius 2 is 1.94 bits per heavy atom. The number of rotatable bonds is 5. The molecule has 1 N–H and O–H groups in total. The van der Waals surface area contributed by atoms with E-state index in [9.17, 15) is 20.1 Å². The molecule has 0 bridgehead atoms. The minimum absolute atomic E-state index is 0.0636. The number of hydrogen-bond donors (Lipinski definition) is 1. The number of carbonyl (C=O) groups is 1. The van der Waals surface area contributed by atoms with Crippen LogP contribution in [0.15, 0.2) is 24.3 Å². The van der Waals surface area contributed by atoms with E-state index in [1.165, 1.54) is 24.3 Å². The van der Waals surface area contributed by atoms with Gasteiger partial charge < -0.3 is 5.21 Å². The summed E-state index contributed by atoms with van der Waals surface area (Å²) < 4.78 is 0. The average Bonchev–Trinajstić information content (AvgIpc) is 2.28. The van der Waals surface area contributed by atoms with Crippen LogP contribution in [0.5, 0.6) is 0 Å². The van der Waals surface area contributed by atoms with Gasteiger partial charge >= 0.3 is 0 Å². The van der Waals surface area contributed by atoms with E-state index < -0.39 is 4.92 Å². The Bertz CT molecular complexity index is 414. The summed E-state index contributed by atoms with van der Waals surface area (Å²) in [6, 6.07) is 5.15. The predicted molar refractivity (Wildman–Crippen MR) is 61.1 cm³/mol. The molecular formula is C11H14N2O4. The van der Waals surface area contributed by atoms with Gasteiger partial charge in [-0.05, 0) is 26.0 Å². The number of nitrogens with zero attached hydrogens (tertiary/aromatic N) is 2. The van der Waals surface area contributed by atoms with Crippen molar-refractivity contribution in [3.63, 3.8) is 0 Å². The number of hydrogen-bond acceptors (Lipinski definition) is 5. The minimum atomic E-state index is -0.527. The van der Waals surface area contributed by atoms with Crippen LogP contribution in [0.2, 0.25) is 0 Å². The molecular weight excluding hydrogens is 224 g/mol. The van der Waals surface area contributed by atoms with Gasteiger partial charge in [0.1, 0.15) is 0 Å². The molecule has 92 valence electrons. The number of non-ortho nitro benzene ring substituents is 1. The van der Waals surface area contributed by atoms with Crippen molar-refractivity contribution in [2.75, 3.05) is 6.54 Å². The molecule has 0 unspecified atom stereocenters. The molecule has 0 spiro atoms. The van der Waals surface area contributed by atoms with Crippen molar-refractivity contribution in [2.24, 2.45) is 0 Å². The molecule has 0 heterocycles. The van der Waals surface area contributed by atoms with Crippen molar-refractivity contribution in [1.29, 1.82) is 0 Å². The van der Waals surface area contributed by atoms with Crippen LogP contribution in [0.1, 0.15) is 24.2 Å². The maximum Gasteiger partial charge on any atom is 0.269 e. The molecule has 0 saturated heterocycles. The summed E-state index contributed by atoms with van der Waals surface area (Å²) in [5.41, 5.74) is 0.279. The molecule has 17 heavy (non-hydrogen) atoms. The van der Waals surface area contributed by atoms with E-state index in [4.69, 9.17) is 0 Å². The Kier molecular flexibility index (Phi) is 4.30. The van der Waals surface area contributed by atoms with Gasteiger partial charge in [-0.3, -0.25) is 14.9 Å². The van der Waals surface area contributed by atoms with Crippen molar-refractivity contribution in [2.45, 2.75) is 19.9 Å². The summed E-state index contributed by atoms with van der Waals surface area (Å²) in [7, 11) is 0. The smallest absolute Gasteiger partial charge is 0.269 e. The van der Waals surface area contributed by atoms with Crippen molar-refractivity contribution in [3.05, 3.63) is 39.9 Å². The normalized spacial score (nSPS) is 10.9. The third-order valence-corrected chi connectivity index (χ3v) is 2.30. The summed E-state index contributed by atoms with van der Waals surface area (Å²) in [5, 5.41) is 20.7. The van der Waals surface area contributed by atoms with E-state index in [-0.39, 0.29) is 24.1 Å². The zero-order valence-corrected chi connectivity index (χ0v) is 9.66. The molecule has 0 radical (unpaired) electrons. The average molecular weight is 238 g/mol. The zero-order chi connectivity index (χ0) is 13.0. The van der Waals surface area contributed by atoms with Crippen molar-refractivity contribution in [3.8, 4) is 0 Å². The first-order valence-electron chi connectivity index (χ1n) is 5.15. The van der Waals surface area contributed by atoms with E-state index in [1.54, 1.807) is 13.8 Å². The molecule has 0 aliphatic carbocycles. The van der Waals surface area contributed by atoms with E-state index in [0.717, 1.165) is 5.06 Å². The zero-order valence-electron chi connectivity index (χ0n) is 9.66. The third kappa shape index (κ3) is 3.61. The minimum Gasteiger partial charge on any atom is -0.313 e. The Morgan fingerprint density at radius 3 is 2.35 bits per heavy atom. The lowest BCUT2D eigenvalue weighted by molar-refractivity contribution is -0.384. The summed E-state index contributed by atoms with van der Waals surface area (Å²) >= 11 is 0. The highest BCUT2D eigenvalue weighted by molar-refractivity contribution is 5.97. The van der Waals surface area contributed by atoms with E-state index in [0.29, 0.717) is 5.56 Å². The van der Waals surface area contributed by atoms with Gasteiger partial charge in [0.25, 0.3) is 5.69 Å². The molecule has 1 aromatic carbocycles. The molecule has 0 fully saturated rings. The number of nitro groups is 1. The number of Topliss-reactive ketones (excluding diaryl/α,β-unsaturated/α-hetero) is 1. The molecule has 0 atom stereocenters. The number of nitro benzene ring substituents is 1. The highest BCUT2D eigenvalue weighted by Crippen LogP contribution is 2.12. The number of hydroxylamine groups is 2. The first kappa shape index (κ1) is 13.3. The fraction of sp³-hybridized carbons (Fsp3) is 0.364. The van der Waals surface area contributed by atoms with Gasteiger partial charge in [0, 0.05) is 23.7 Å². The summed E-state index contributed by atoms with van der Waals surface area (Å²) in [5.74, 6) is -0.281. The van der Waals surface area contributed by atoms with Crippen LogP contribution in [0, 0.1) is 10.1 Å². The Hall–Kier alpha value is -1.79. The SMILES string of the molecule is CC(C)N(O)CC(=O)c1ccc([N+](=O)[O-])cc1. The standard InChI is InChI=1S/C11H14N2O4/c1-8(2)12(15)7-11(14)9-3-5-10(6-4-9)13(16)17/h3-6,8,15H,7H2,1-2H3. The first-order valence-corrected chi connectivity index (χ1v) is 5.15. The molecule has 0 amide bonds. The van der Waals surface area contributed by atoms with Crippen molar-refractivity contribution in [1.82, 2.24) is 5.06 Å². The number of ketones is 1. The monoisotopic (exact) mass is 238 g/mol. The molecule has 0 aliphatic rings. The molecule has 6 nitrogen and oxygen atoms in total. The molecule has 0 aromatic heterocycles. The summed E-state index contributed by atoms with van der Waals surface area (Å²) in [4.78, 5) is 21.6. The second-order valence-electron chi connectivity index (χ2n) is 3.92. The van der Waals surface area contributed by atoms with E-state index >= 15 is 0 Å². The van der Waals surface area contributed by atoms with Gasteiger partial charge in [-0.15, -0.1) is 0 Å². The largest absolute Gasteiger partial charge is 0.313 e. The van der Waals surface area contributed by atoms with Crippen LogP contribution < -0.4 is 0 Å². The van der Waals surface area contributed by atoms with Gasteiger partial charge in [-0.1, -0.05) is 0 Å². The quantitative estimate of drug-likeness (QED) is 0.481. The van der Waals surface area contributed by atoms with Gasteiger partial charge in [0.05, 0.1) is 11.5 Å². The lowest BCUT2D eigenvalue weighted by Gasteiger charge is -2.17. The van der Waals surface area contributed by atoms with Crippen molar-refractivity contribution >= 4 is 11.5 Å². The van der Waals surface area contributed by atoms with Gasteiger partial charge in [0.15, 0.2) is 5.78 Å². The summed E-state index contributed by atoms with van der Waals surface area (Å²) in [6.45, 7) is 3.38.